The van der Waals surface area contributed by atoms with E-state index in [9.17, 15) is 0 Å². The summed E-state index contributed by atoms with van der Waals surface area (Å²) in [6.45, 7) is 4.85. The molecule has 0 bridgehead atoms. The maximum Gasteiger partial charge on any atom is 0.194 e. The first kappa shape index (κ1) is 10.3. The van der Waals surface area contributed by atoms with Gasteiger partial charge in [0, 0.05) is 24.2 Å². The zero-order chi connectivity index (χ0) is 11.0. The molecule has 1 saturated heterocycles. The molecular weight excluding hydrogens is 222 g/mol. The Morgan fingerprint density at radius 2 is 2.56 bits per heavy atom. The summed E-state index contributed by atoms with van der Waals surface area (Å²) in [5, 5.41) is 3.39. The molecule has 5 heteroatoms. The third-order valence-corrected chi connectivity index (χ3v) is 3.74. The van der Waals surface area contributed by atoms with Crippen molar-refractivity contribution in [1.29, 1.82) is 0 Å². The van der Waals surface area contributed by atoms with Crippen LogP contribution in [-0.4, -0.2) is 29.1 Å². The van der Waals surface area contributed by atoms with Gasteiger partial charge in [-0.2, -0.15) is 0 Å². The van der Waals surface area contributed by atoms with Crippen molar-refractivity contribution >= 4 is 16.3 Å². The summed E-state index contributed by atoms with van der Waals surface area (Å²) < 4.78 is 8.00. The lowest BCUT2D eigenvalue weighted by Crippen LogP contribution is -2.20. The molecule has 86 valence electrons. The number of nitrogens with zero attached hydrogens (tertiary/aromatic N) is 2. The molecule has 1 atom stereocenters. The van der Waals surface area contributed by atoms with Gasteiger partial charge < -0.3 is 10.1 Å². The number of nitrogens with one attached hydrogen (secondary N) is 1. The summed E-state index contributed by atoms with van der Waals surface area (Å²) in [6.07, 6.45) is 5.28. The fraction of sp³-hybridized carbons (Fsp3) is 0.545. The van der Waals surface area contributed by atoms with E-state index in [0.29, 0.717) is 0 Å². The second-order valence-electron chi connectivity index (χ2n) is 4.09. The van der Waals surface area contributed by atoms with Crippen LogP contribution >= 0.6 is 11.3 Å². The lowest BCUT2D eigenvalue weighted by molar-refractivity contribution is 0.0634. The van der Waals surface area contributed by atoms with E-state index in [1.165, 1.54) is 4.88 Å². The second-order valence-corrected chi connectivity index (χ2v) is 5.31. The van der Waals surface area contributed by atoms with Gasteiger partial charge in [0.05, 0.1) is 11.9 Å². The number of thiazole rings is 1. The van der Waals surface area contributed by atoms with Gasteiger partial charge in [-0.1, -0.05) is 0 Å². The Balaban J connectivity index is 1.96. The molecule has 1 aliphatic rings. The average molecular weight is 237 g/mol. The predicted molar refractivity (Wildman–Crippen MR) is 64.0 cm³/mol. The Kier molecular flexibility index (Phi) is 2.67. The fourth-order valence-electron chi connectivity index (χ4n) is 2.06. The van der Waals surface area contributed by atoms with Gasteiger partial charge in [0.25, 0.3) is 0 Å². The van der Waals surface area contributed by atoms with Crippen LogP contribution in [0.15, 0.2) is 12.4 Å². The molecule has 2 aromatic rings. The minimum absolute atomic E-state index is 0.131. The number of fused-ring (bicyclic) bond motifs is 1. The lowest BCUT2D eigenvalue weighted by Gasteiger charge is -2.13. The van der Waals surface area contributed by atoms with Crippen LogP contribution < -0.4 is 5.32 Å². The van der Waals surface area contributed by atoms with Gasteiger partial charge in [0.2, 0.25) is 0 Å². The van der Waals surface area contributed by atoms with Crippen LogP contribution in [0.5, 0.6) is 0 Å². The van der Waals surface area contributed by atoms with Crippen molar-refractivity contribution in [3.63, 3.8) is 0 Å². The van der Waals surface area contributed by atoms with Crippen molar-refractivity contribution in [3.05, 3.63) is 23.0 Å². The molecule has 1 unspecified atom stereocenters. The quantitative estimate of drug-likeness (QED) is 0.821. The number of imidazole rings is 1. The van der Waals surface area contributed by atoms with Crippen LogP contribution in [0.1, 0.15) is 23.1 Å². The number of rotatable bonds is 1. The summed E-state index contributed by atoms with van der Waals surface area (Å²) in [4.78, 5) is 6.76. The summed E-state index contributed by atoms with van der Waals surface area (Å²) in [7, 11) is 0. The van der Waals surface area contributed by atoms with E-state index < -0.39 is 0 Å². The van der Waals surface area contributed by atoms with E-state index in [4.69, 9.17) is 4.74 Å². The van der Waals surface area contributed by atoms with E-state index in [2.05, 4.69) is 27.8 Å². The van der Waals surface area contributed by atoms with E-state index >= 15 is 0 Å². The van der Waals surface area contributed by atoms with Gasteiger partial charge in [-0.25, -0.2) is 4.98 Å². The van der Waals surface area contributed by atoms with E-state index in [1.807, 2.05) is 6.20 Å². The Hall–Kier alpha value is -0.910. The molecule has 0 radical (unpaired) electrons. The van der Waals surface area contributed by atoms with Gasteiger partial charge >= 0.3 is 0 Å². The first-order valence-electron chi connectivity index (χ1n) is 5.60. The maximum absolute atomic E-state index is 5.85. The number of hydrogen-bond donors (Lipinski definition) is 1. The Morgan fingerprint density at radius 1 is 1.62 bits per heavy atom. The van der Waals surface area contributed by atoms with Crippen molar-refractivity contribution in [2.75, 3.05) is 19.7 Å². The van der Waals surface area contributed by atoms with Crippen LogP contribution in [-0.2, 0) is 4.74 Å². The Labute approximate surface area is 98.3 Å². The van der Waals surface area contributed by atoms with Crippen LogP contribution in [0.2, 0.25) is 0 Å². The lowest BCUT2D eigenvalue weighted by atomic mass is 10.2. The van der Waals surface area contributed by atoms with Crippen molar-refractivity contribution in [1.82, 2.24) is 14.7 Å². The SMILES string of the molecule is Cc1cn2c(C3CNCCCO3)cnc2s1. The summed E-state index contributed by atoms with van der Waals surface area (Å²) >= 11 is 1.72. The standard InChI is InChI=1S/C11H15N3OS/c1-8-7-14-9(5-13-11(14)16-8)10-6-12-3-2-4-15-10/h5,7,10,12H,2-4,6H2,1H3. The van der Waals surface area contributed by atoms with Gasteiger partial charge in [0.1, 0.15) is 6.10 Å². The monoisotopic (exact) mass is 237 g/mol. The predicted octanol–water partition coefficient (Wildman–Crippen LogP) is 1.76. The minimum Gasteiger partial charge on any atom is -0.371 e. The topological polar surface area (TPSA) is 38.6 Å². The molecular formula is C11H15N3OS. The van der Waals surface area contributed by atoms with E-state index in [1.54, 1.807) is 11.3 Å². The van der Waals surface area contributed by atoms with Crippen molar-refractivity contribution in [2.45, 2.75) is 19.4 Å². The summed E-state index contributed by atoms with van der Waals surface area (Å²) in [5.74, 6) is 0. The summed E-state index contributed by atoms with van der Waals surface area (Å²) in [6, 6.07) is 0. The molecule has 0 aliphatic carbocycles. The van der Waals surface area contributed by atoms with Crippen molar-refractivity contribution in [2.24, 2.45) is 0 Å². The van der Waals surface area contributed by atoms with Crippen LogP contribution in [0.3, 0.4) is 0 Å². The molecule has 2 aromatic heterocycles. The third-order valence-electron chi connectivity index (χ3n) is 2.83. The highest BCUT2D eigenvalue weighted by Crippen LogP contribution is 2.24. The van der Waals surface area contributed by atoms with Crippen molar-refractivity contribution < 1.29 is 4.74 Å². The second kappa shape index (κ2) is 4.16. The Bertz CT molecular complexity index is 482. The largest absolute Gasteiger partial charge is 0.371 e. The van der Waals surface area contributed by atoms with Crippen molar-refractivity contribution in [3.8, 4) is 0 Å². The molecule has 1 fully saturated rings. The Morgan fingerprint density at radius 3 is 3.50 bits per heavy atom. The number of ether oxygens (including phenoxy) is 1. The number of hydrogen-bond acceptors (Lipinski definition) is 4. The van der Waals surface area contributed by atoms with E-state index in [-0.39, 0.29) is 6.10 Å². The fourth-order valence-corrected chi connectivity index (χ4v) is 2.86. The smallest absolute Gasteiger partial charge is 0.194 e. The van der Waals surface area contributed by atoms with Crippen LogP contribution in [0, 0.1) is 6.92 Å². The van der Waals surface area contributed by atoms with E-state index in [0.717, 1.165) is 36.8 Å². The molecule has 0 aromatic carbocycles. The molecule has 3 heterocycles. The zero-order valence-electron chi connectivity index (χ0n) is 9.27. The van der Waals surface area contributed by atoms with Gasteiger partial charge in [-0.3, -0.25) is 4.40 Å². The van der Waals surface area contributed by atoms with Crippen LogP contribution in [0.4, 0.5) is 0 Å². The highest BCUT2D eigenvalue weighted by atomic mass is 32.1. The first-order valence-corrected chi connectivity index (χ1v) is 6.42. The third kappa shape index (κ3) is 1.75. The molecule has 1 aliphatic heterocycles. The number of aryl methyl sites for hydroxylation is 1. The molecule has 4 nitrogen and oxygen atoms in total. The van der Waals surface area contributed by atoms with Crippen LogP contribution in [0.25, 0.3) is 4.96 Å². The molecule has 16 heavy (non-hydrogen) atoms. The highest BCUT2D eigenvalue weighted by molar-refractivity contribution is 7.16. The molecule has 0 spiro atoms. The van der Waals surface area contributed by atoms with Gasteiger partial charge in [-0.15, -0.1) is 11.3 Å². The number of aromatic nitrogens is 2. The molecule has 1 N–H and O–H groups in total. The molecule has 0 saturated carbocycles. The maximum atomic E-state index is 5.85. The normalized spacial score (nSPS) is 22.4. The minimum atomic E-state index is 0.131. The zero-order valence-corrected chi connectivity index (χ0v) is 10.1. The average Bonchev–Trinajstić information content (AvgIpc) is 2.68. The highest BCUT2D eigenvalue weighted by Gasteiger charge is 2.19. The molecule has 3 rings (SSSR count). The van der Waals surface area contributed by atoms with Gasteiger partial charge in [-0.05, 0) is 19.9 Å². The molecule has 0 amide bonds. The van der Waals surface area contributed by atoms with Gasteiger partial charge in [0.15, 0.2) is 4.96 Å². The first-order chi connectivity index (χ1) is 7.84. The summed E-state index contributed by atoms with van der Waals surface area (Å²) in [5.41, 5.74) is 1.16.